The number of nitrogens with zero attached hydrogens (tertiary/aromatic N) is 1. The Bertz CT molecular complexity index is 459. The molecule has 0 amide bonds. The van der Waals surface area contributed by atoms with Crippen LogP contribution in [0.1, 0.15) is 219 Å². The van der Waals surface area contributed by atoms with Crippen LogP contribution in [0, 0.1) is 0 Å². The largest absolute Gasteiger partial charge is 0.364 e. The quantitative estimate of drug-likeness (QED) is 0.0429. The van der Waals surface area contributed by atoms with Crippen LogP contribution in [0.2, 0.25) is 0 Å². The third-order valence-electron chi connectivity index (χ3n) is 9.71. The van der Waals surface area contributed by atoms with Crippen molar-refractivity contribution in [3.63, 3.8) is 0 Å². The van der Waals surface area contributed by atoms with Crippen molar-refractivity contribution in [1.29, 1.82) is 0 Å². The summed E-state index contributed by atoms with van der Waals surface area (Å²) in [6.07, 6.45) is 43.6. The van der Waals surface area contributed by atoms with Crippen LogP contribution in [0.3, 0.4) is 0 Å². The average Bonchev–Trinajstić information content (AvgIpc) is 2.96. The van der Waals surface area contributed by atoms with E-state index in [4.69, 9.17) is 0 Å². The molecule has 0 rings (SSSR count). The Labute approximate surface area is 266 Å². The van der Waals surface area contributed by atoms with Crippen molar-refractivity contribution in [1.82, 2.24) is 0 Å². The van der Waals surface area contributed by atoms with Gasteiger partial charge in [-0.05, 0) is 25.7 Å². The molecule has 0 aromatic carbocycles. The lowest BCUT2D eigenvalue weighted by Gasteiger charge is -2.35. The Balaban J connectivity index is 3.60. The molecule has 3 nitrogen and oxygen atoms in total. The molecular weight excluding hydrogens is 514 g/mol. The summed E-state index contributed by atoms with van der Waals surface area (Å²) in [6, 6.07) is 0. The first-order valence-electron chi connectivity index (χ1n) is 19.7. The molecule has 42 heavy (non-hydrogen) atoms. The third kappa shape index (κ3) is 32.8. The van der Waals surface area contributed by atoms with Gasteiger partial charge >= 0.3 is 0 Å². The fourth-order valence-corrected chi connectivity index (χ4v) is 6.77. The van der Waals surface area contributed by atoms with Gasteiger partial charge in [-0.2, -0.15) is 0 Å². The Hall–Kier alpha value is -0.120. The highest BCUT2D eigenvalue weighted by atomic mass is 16.5. The summed E-state index contributed by atoms with van der Waals surface area (Å²) in [5.74, 6) is 0. The molecule has 0 aliphatic heterocycles. The lowest BCUT2D eigenvalue weighted by Crippen LogP contribution is -2.50. The molecule has 0 aliphatic carbocycles. The molecule has 3 heteroatoms. The first-order valence-corrected chi connectivity index (χ1v) is 19.7. The second-order valence-corrected chi connectivity index (χ2v) is 14.3. The van der Waals surface area contributed by atoms with E-state index in [1.165, 1.54) is 205 Å². The summed E-state index contributed by atoms with van der Waals surface area (Å²) in [4.78, 5) is 0. The van der Waals surface area contributed by atoms with E-state index in [1.54, 1.807) is 0 Å². The molecule has 2 N–H and O–H groups in total. The van der Waals surface area contributed by atoms with Crippen LogP contribution in [-0.4, -0.2) is 47.7 Å². The van der Waals surface area contributed by atoms with E-state index >= 15 is 0 Å². The van der Waals surface area contributed by atoms with Crippen LogP contribution in [0.25, 0.3) is 0 Å². The predicted octanol–water partition coefficient (Wildman–Crippen LogP) is 12.3. The molecule has 0 fully saturated rings. The van der Waals surface area contributed by atoms with E-state index in [9.17, 15) is 10.2 Å². The van der Waals surface area contributed by atoms with Crippen molar-refractivity contribution in [2.45, 2.75) is 226 Å². The Morgan fingerprint density at radius 1 is 0.333 bits per heavy atom. The average molecular weight is 597 g/mol. The lowest BCUT2D eigenvalue weighted by molar-refractivity contribution is -0.915. The number of hydrogen-bond donors (Lipinski definition) is 2. The monoisotopic (exact) mass is 597 g/mol. The van der Waals surface area contributed by atoms with Crippen LogP contribution in [-0.2, 0) is 0 Å². The van der Waals surface area contributed by atoms with Gasteiger partial charge in [0.1, 0.15) is 6.54 Å². The number of quaternary nitrogens is 1. The van der Waals surface area contributed by atoms with Gasteiger partial charge in [0.15, 0.2) is 0 Å². The van der Waals surface area contributed by atoms with E-state index in [1.807, 2.05) is 0 Å². The molecule has 0 saturated carbocycles. The summed E-state index contributed by atoms with van der Waals surface area (Å²) in [7, 11) is 2.25. The molecule has 0 atom stereocenters. The zero-order chi connectivity index (χ0) is 30.8. The topological polar surface area (TPSA) is 40.5 Å². The van der Waals surface area contributed by atoms with E-state index in [0.29, 0.717) is 6.54 Å². The van der Waals surface area contributed by atoms with Crippen molar-refractivity contribution in [2.24, 2.45) is 0 Å². The molecule has 0 saturated heterocycles. The number of hydrogen-bond acceptors (Lipinski definition) is 2. The normalized spacial score (nSPS) is 12.1. The number of aliphatic hydroxyl groups is 2. The molecule has 0 radical (unpaired) electrons. The standard InChI is InChI=1S/C39H82NO2/c1-4-6-8-10-12-14-16-18-20-22-24-26-28-30-32-34-36-40(3,38-39(41)42)37-35-33-31-29-27-25-23-21-19-17-15-13-11-9-7-5-2/h39,41-42H,4-38H2,1-3H3/q+1. The van der Waals surface area contributed by atoms with Gasteiger partial charge in [-0.15, -0.1) is 0 Å². The van der Waals surface area contributed by atoms with Crippen molar-refractivity contribution in [2.75, 3.05) is 26.7 Å². The first-order chi connectivity index (χ1) is 20.5. The minimum atomic E-state index is -1.18. The minimum absolute atomic E-state index is 0.484. The van der Waals surface area contributed by atoms with E-state index in [2.05, 4.69) is 20.9 Å². The van der Waals surface area contributed by atoms with Crippen LogP contribution in [0.5, 0.6) is 0 Å². The van der Waals surface area contributed by atoms with Crippen molar-refractivity contribution in [3.05, 3.63) is 0 Å². The van der Waals surface area contributed by atoms with Gasteiger partial charge < -0.3 is 14.7 Å². The zero-order valence-electron chi connectivity index (χ0n) is 29.7. The van der Waals surface area contributed by atoms with Crippen LogP contribution >= 0.6 is 0 Å². The summed E-state index contributed by atoms with van der Waals surface area (Å²) in [5.41, 5.74) is 0. The van der Waals surface area contributed by atoms with E-state index < -0.39 is 6.29 Å². The van der Waals surface area contributed by atoms with Crippen molar-refractivity contribution < 1.29 is 14.7 Å². The third-order valence-corrected chi connectivity index (χ3v) is 9.71. The van der Waals surface area contributed by atoms with Gasteiger partial charge in [-0.1, -0.05) is 194 Å². The fraction of sp³-hybridized carbons (Fsp3) is 1.00. The van der Waals surface area contributed by atoms with Crippen molar-refractivity contribution >= 4 is 0 Å². The molecule has 0 unspecified atom stereocenters. The predicted molar refractivity (Wildman–Crippen MR) is 188 cm³/mol. The Morgan fingerprint density at radius 2 is 0.524 bits per heavy atom. The molecule has 0 spiro atoms. The first kappa shape index (κ1) is 41.9. The smallest absolute Gasteiger partial charge is 0.202 e. The van der Waals surface area contributed by atoms with Gasteiger partial charge in [0, 0.05) is 0 Å². The second-order valence-electron chi connectivity index (χ2n) is 14.3. The Morgan fingerprint density at radius 3 is 0.714 bits per heavy atom. The maximum Gasteiger partial charge on any atom is 0.202 e. The Kier molecular flexibility index (Phi) is 33.7. The lowest BCUT2D eigenvalue weighted by atomic mass is 10.0. The van der Waals surface area contributed by atoms with Gasteiger partial charge in [0.2, 0.25) is 6.29 Å². The number of rotatable bonds is 36. The molecule has 0 aliphatic rings. The minimum Gasteiger partial charge on any atom is -0.364 e. The molecule has 0 bridgehead atoms. The molecule has 254 valence electrons. The highest BCUT2D eigenvalue weighted by molar-refractivity contribution is 4.53. The maximum atomic E-state index is 9.70. The summed E-state index contributed by atoms with van der Waals surface area (Å²) in [6.45, 7) is 7.26. The number of aliphatic hydroxyl groups excluding tert-OH is 1. The van der Waals surface area contributed by atoms with Crippen LogP contribution < -0.4 is 0 Å². The SMILES string of the molecule is CCCCCCCCCCCCCCCCCC[N+](C)(CCCCCCCCCCCCCCCCCC)CC(O)O. The number of likely N-dealkylation sites (N-methyl/N-ethyl adjacent to an activating group) is 1. The van der Waals surface area contributed by atoms with Gasteiger partial charge in [0.25, 0.3) is 0 Å². The number of unbranched alkanes of at least 4 members (excludes halogenated alkanes) is 30. The van der Waals surface area contributed by atoms with Crippen LogP contribution in [0.15, 0.2) is 0 Å². The van der Waals surface area contributed by atoms with Gasteiger partial charge in [0.05, 0.1) is 20.1 Å². The second kappa shape index (κ2) is 33.8. The van der Waals surface area contributed by atoms with Crippen molar-refractivity contribution in [3.8, 4) is 0 Å². The van der Waals surface area contributed by atoms with Gasteiger partial charge in [-0.3, -0.25) is 0 Å². The molecule has 0 aromatic heterocycles. The van der Waals surface area contributed by atoms with Gasteiger partial charge in [-0.25, -0.2) is 0 Å². The molecule has 0 heterocycles. The van der Waals surface area contributed by atoms with E-state index in [0.717, 1.165) is 17.6 Å². The van der Waals surface area contributed by atoms with E-state index in [-0.39, 0.29) is 0 Å². The summed E-state index contributed by atoms with van der Waals surface area (Å²) in [5, 5.41) is 19.4. The maximum absolute atomic E-state index is 9.70. The highest BCUT2D eigenvalue weighted by Gasteiger charge is 2.23. The fourth-order valence-electron chi connectivity index (χ4n) is 6.77. The van der Waals surface area contributed by atoms with Crippen LogP contribution in [0.4, 0.5) is 0 Å². The zero-order valence-corrected chi connectivity index (χ0v) is 29.7. The summed E-state index contributed by atoms with van der Waals surface area (Å²) < 4.78 is 0.828. The molecular formula is C39H82NO2+. The summed E-state index contributed by atoms with van der Waals surface area (Å²) >= 11 is 0. The highest BCUT2D eigenvalue weighted by Crippen LogP contribution is 2.17. The molecule has 0 aromatic rings.